The Morgan fingerprint density at radius 3 is 1.90 bits per heavy atom. The number of hydrogen-bond acceptors (Lipinski definition) is 2. The van der Waals surface area contributed by atoms with E-state index in [4.69, 9.17) is 5.73 Å². The zero-order valence-electron chi connectivity index (χ0n) is 14.2. The second-order valence-corrected chi connectivity index (χ2v) is 8.02. The summed E-state index contributed by atoms with van der Waals surface area (Å²) in [4.78, 5) is 2.47. The van der Waals surface area contributed by atoms with E-state index in [1.807, 2.05) is 0 Å². The van der Waals surface area contributed by atoms with Crippen LogP contribution < -0.4 is 5.73 Å². The molecule has 21 heavy (non-hydrogen) atoms. The van der Waals surface area contributed by atoms with Gasteiger partial charge >= 0.3 is 0 Å². The van der Waals surface area contributed by atoms with Crippen molar-refractivity contribution >= 4 is 15.9 Å². The molecule has 0 saturated heterocycles. The molecule has 1 aromatic rings. The van der Waals surface area contributed by atoms with Crippen molar-refractivity contribution in [1.82, 2.24) is 4.90 Å². The average molecular weight is 355 g/mol. The standard InChI is InChI=1S/C18H31BrN2/c1-14(2)10-18(13-20,11-15(3)4)21(5)12-16-6-8-17(19)9-7-16/h6-9,14-15H,10-13,20H2,1-5H3. The van der Waals surface area contributed by atoms with E-state index >= 15 is 0 Å². The van der Waals surface area contributed by atoms with Crippen LogP contribution in [0.5, 0.6) is 0 Å². The molecular weight excluding hydrogens is 324 g/mol. The van der Waals surface area contributed by atoms with Crippen LogP contribution in [0.3, 0.4) is 0 Å². The maximum atomic E-state index is 6.23. The lowest BCUT2D eigenvalue weighted by atomic mass is 9.80. The topological polar surface area (TPSA) is 29.3 Å². The van der Waals surface area contributed by atoms with E-state index in [1.165, 1.54) is 5.56 Å². The lowest BCUT2D eigenvalue weighted by molar-refractivity contribution is 0.0714. The predicted octanol–water partition coefficient (Wildman–Crippen LogP) is 4.67. The van der Waals surface area contributed by atoms with Crippen molar-refractivity contribution in [3.63, 3.8) is 0 Å². The van der Waals surface area contributed by atoms with Gasteiger partial charge in [-0.1, -0.05) is 55.8 Å². The van der Waals surface area contributed by atoms with Gasteiger partial charge in [-0.05, 0) is 49.4 Å². The first-order chi connectivity index (χ1) is 9.79. The molecule has 2 N–H and O–H groups in total. The minimum absolute atomic E-state index is 0.0927. The summed E-state index contributed by atoms with van der Waals surface area (Å²) in [6.45, 7) is 10.8. The third-order valence-corrected chi connectivity index (χ3v) is 4.63. The van der Waals surface area contributed by atoms with Gasteiger partial charge in [-0.15, -0.1) is 0 Å². The molecule has 0 saturated carbocycles. The van der Waals surface area contributed by atoms with Crippen molar-refractivity contribution in [1.29, 1.82) is 0 Å². The fourth-order valence-electron chi connectivity index (χ4n) is 3.27. The molecule has 0 spiro atoms. The van der Waals surface area contributed by atoms with Crippen LogP contribution in [0.15, 0.2) is 28.7 Å². The Morgan fingerprint density at radius 2 is 1.52 bits per heavy atom. The maximum Gasteiger partial charge on any atom is 0.0337 e. The average Bonchev–Trinajstić information content (AvgIpc) is 2.39. The summed E-state index contributed by atoms with van der Waals surface area (Å²) in [7, 11) is 2.22. The van der Waals surface area contributed by atoms with Crippen LogP contribution in [0.2, 0.25) is 0 Å². The highest BCUT2D eigenvalue weighted by Gasteiger charge is 2.34. The molecule has 0 bridgehead atoms. The van der Waals surface area contributed by atoms with Gasteiger partial charge in [0.15, 0.2) is 0 Å². The van der Waals surface area contributed by atoms with Gasteiger partial charge in [0, 0.05) is 23.1 Å². The third kappa shape index (κ3) is 5.72. The highest BCUT2D eigenvalue weighted by Crippen LogP contribution is 2.31. The first-order valence-electron chi connectivity index (χ1n) is 7.95. The summed E-state index contributed by atoms with van der Waals surface area (Å²) in [5.74, 6) is 1.30. The molecule has 0 radical (unpaired) electrons. The van der Waals surface area contributed by atoms with Crippen LogP contribution in [0, 0.1) is 11.8 Å². The Kier molecular flexibility index (Phi) is 7.38. The lowest BCUT2D eigenvalue weighted by Crippen LogP contribution is -2.53. The van der Waals surface area contributed by atoms with Gasteiger partial charge in [0.1, 0.15) is 0 Å². The van der Waals surface area contributed by atoms with E-state index in [1.54, 1.807) is 0 Å². The van der Waals surface area contributed by atoms with Crippen molar-refractivity contribution in [2.24, 2.45) is 17.6 Å². The molecule has 0 fully saturated rings. The summed E-state index contributed by atoms with van der Waals surface area (Å²) in [5, 5.41) is 0. The summed E-state index contributed by atoms with van der Waals surface area (Å²) < 4.78 is 1.13. The van der Waals surface area contributed by atoms with Gasteiger partial charge < -0.3 is 5.73 Å². The molecule has 0 aliphatic carbocycles. The predicted molar refractivity (Wildman–Crippen MR) is 96.3 cm³/mol. The van der Waals surface area contributed by atoms with Crippen molar-refractivity contribution in [3.8, 4) is 0 Å². The van der Waals surface area contributed by atoms with Crippen LogP contribution in [0.1, 0.15) is 46.1 Å². The summed E-state index contributed by atoms with van der Waals surface area (Å²) >= 11 is 3.50. The Labute approximate surface area is 139 Å². The molecule has 2 nitrogen and oxygen atoms in total. The van der Waals surface area contributed by atoms with Gasteiger partial charge in [-0.3, -0.25) is 4.90 Å². The molecular formula is C18H31BrN2. The first-order valence-corrected chi connectivity index (χ1v) is 8.74. The molecule has 0 aliphatic rings. The summed E-state index contributed by atoms with van der Waals surface area (Å²) in [6, 6.07) is 8.59. The normalized spacial score (nSPS) is 12.7. The van der Waals surface area contributed by atoms with Gasteiger partial charge in [-0.2, -0.15) is 0 Å². The molecule has 0 aromatic heterocycles. The molecule has 1 rings (SSSR count). The summed E-state index contributed by atoms with van der Waals surface area (Å²) in [5.41, 5.74) is 7.67. The molecule has 0 aliphatic heterocycles. The summed E-state index contributed by atoms with van der Waals surface area (Å²) in [6.07, 6.45) is 2.30. The fraction of sp³-hybridized carbons (Fsp3) is 0.667. The van der Waals surface area contributed by atoms with Crippen LogP contribution in [-0.2, 0) is 6.54 Å². The largest absolute Gasteiger partial charge is 0.329 e. The zero-order valence-corrected chi connectivity index (χ0v) is 15.8. The quantitative estimate of drug-likeness (QED) is 0.734. The van der Waals surface area contributed by atoms with Crippen molar-refractivity contribution in [2.75, 3.05) is 13.6 Å². The SMILES string of the molecule is CC(C)CC(CN)(CC(C)C)N(C)Cc1ccc(Br)cc1. The number of halogens is 1. The maximum absolute atomic E-state index is 6.23. The Hall–Kier alpha value is -0.380. The molecule has 1 aromatic carbocycles. The molecule has 3 heteroatoms. The number of likely N-dealkylation sites (N-methyl/N-ethyl adjacent to an activating group) is 1. The molecule has 0 amide bonds. The fourth-order valence-corrected chi connectivity index (χ4v) is 3.53. The van der Waals surface area contributed by atoms with Crippen LogP contribution >= 0.6 is 15.9 Å². The number of hydrogen-bond donors (Lipinski definition) is 1. The minimum Gasteiger partial charge on any atom is -0.329 e. The smallest absolute Gasteiger partial charge is 0.0337 e. The molecule has 0 atom stereocenters. The second kappa shape index (κ2) is 8.30. The van der Waals surface area contributed by atoms with Gasteiger partial charge in [0.2, 0.25) is 0 Å². The van der Waals surface area contributed by atoms with Crippen LogP contribution in [0.25, 0.3) is 0 Å². The van der Waals surface area contributed by atoms with Crippen LogP contribution in [-0.4, -0.2) is 24.0 Å². The highest BCUT2D eigenvalue weighted by atomic mass is 79.9. The Balaban J connectivity index is 2.92. The number of nitrogens with two attached hydrogens (primary N) is 1. The van der Waals surface area contributed by atoms with E-state index in [-0.39, 0.29) is 5.54 Å². The highest BCUT2D eigenvalue weighted by molar-refractivity contribution is 9.10. The van der Waals surface area contributed by atoms with E-state index < -0.39 is 0 Å². The van der Waals surface area contributed by atoms with Crippen molar-refractivity contribution < 1.29 is 0 Å². The van der Waals surface area contributed by atoms with E-state index in [0.717, 1.165) is 30.4 Å². The van der Waals surface area contributed by atoms with Crippen molar-refractivity contribution in [2.45, 2.75) is 52.6 Å². The number of nitrogens with zero attached hydrogens (tertiary/aromatic N) is 1. The Bertz CT molecular complexity index is 402. The zero-order chi connectivity index (χ0) is 16.0. The first kappa shape index (κ1) is 18.7. The Morgan fingerprint density at radius 1 is 1.05 bits per heavy atom. The lowest BCUT2D eigenvalue weighted by Gasteiger charge is -2.44. The third-order valence-electron chi connectivity index (χ3n) is 4.10. The molecule has 0 unspecified atom stereocenters. The van der Waals surface area contributed by atoms with E-state index in [9.17, 15) is 0 Å². The van der Waals surface area contributed by atoms with E-state index in [0.29, 0.717) is 11.8 Å². The van der Waals surface area contributed by atoms with Gasteiger partial charge in [-0.25, -0.2) is 0 Å². The monoisotopic (exact) mass is 354 g/mol. The van der Waals surface area contributed by atoms with Gasteiger partial charge in [0.05, 0.1) is 0 Å². The van der Waals surface area contributed by atoms with Crippen LogP contribution in [0.4, 0.5) is 0 Å². The minimum atomic E-state index is 0.0927. The van der Waals surface area contributed by atoms with Gasteiger partial charge in [0.25, 0.3) is 0 Å². The van der Waals surface area contributed by atoms with E-state index in [2.05, 4.69) is 79.8 Å². The van der Waals surface area contributed by atoms with Crippen molar-refractivity contribution in [3.05, 3.63) is 34.3 Å². The molecule has 0 heterocycles. The second-order valence-electron chi connectivity index (χ2n) is 7.11. The number of rotatable bonds is 8. The number of benzene rings is 1. The molecule has 120 valence electrons.